The summed E-state index contributed by atoms with van der Waals surface area (Å²) >= 11 is 0. The molecule has 0 saturated carbocycles. The molecule has 37 heavy (non-hydrogen) atoms. The highest BCUT2D eigenvalue weighted by Crippen LogP contribution is 2.28. The maximum atomic E-state index is 13.8. The number of benzene rings is 3. The van der Waals surface area contributed by atoms with Gasteiger partial charge in [-0.15, -0.1) is 0 Å². The molecule has 7 nitrogen and oxygen atoms in total. The molecule has 1 aliphatic rings. The van der Waals surface area contributed by atoms with E-state index in [0.29, 0.717) is 43.0 Å². The zero-order valence-electron chi connectivity index (χ0n) is 20.9. The number of aromatic nitrogens is 3. The Hall–Kier alpha value is -4.52. The van der Waals surface area contributed by atoms with Crippen molar-refractivity contribution in [1.82, 2.24) is 24.6 Å². The zero-order valence-corrected chi connectivity index (χ0v) is 20.9. The van der Waals surface area contributed by atoms with Gasteiger partial charge in [-0.3, -0.25) is 14.3 Å². The lowest BCUT2D eigenvalue weighted by Crippen LogP contribution is -2.50. The van der Waals surface area contributed by atoms with Crippen LogP contribution in [-0.2, 0) is 7.05 Å². The van der Waals surface area contributed by atoms with Gasteiger partial charge in [-0.1, -0.05) is 66.7 Å². The highest BCUT2D eigenvalue weighted by Gasteiger charge is 2.28. The van der Waals surface area contributed by atoms with Crippen LogP contribution < -0.4 is 0 Å². The van der Waals surface area contributed by atoms with E-state index in [4.69, 9.17) is 4.98 Å². The van der Waals surface area contributed by atoms with Crippen LogP contribution in [0, 0.1) is 6.92 Å². The number of hydrogen-bond donors (Lipinski definition) is 0. The average molecular weight is 490 g/mol. The lowest BCUT2D eigenvalue weighted by atomic mass is 10.0. The van der Waals surface area contributed by atoms with Crippen molar-refractivity contribution in [2.75, 3.05) is 26.2 Å². The molecule has 0 atom stereocenters. The van der Waals surface area contributed by atoms with Gasteiger partial charge >= 0.3 is 0 Å². The molecular weight excluding hydrogens is 462 g/mol. The predicted molar refractivity (Wildman–Crippen MR) is 144 cm³/mol. The lowest BCUT2D eigenvalue weighted by molar-refractivity contribution is 0.0537. The zero-order chi connectivity index (χ0) is 25.5. The second-order valence-electron chi connectivity index (χ2n) is 9.44. The third kappa shape index (κ3) is 4.02. The summed E-state index contributed by atoms with van der Waals surface area (Å²) in [4.78, 5) is 35.7. The van der Waals surface area contributed by atoms with Crippen LogP contribution in [0.25, 0.3) is 33.1 Å². The van der Waals surface area contributed by atoms with Crippen LogP contribution in [-0.4, -0.2) is 62.6 Å². The Bertz CT molecular complexity index is 1640. The van der Waals surface area contributed by atoms with E-state index >= 15 is 0 Å². The van der Waals surface area contributed by atoms with Crippen molar-refractivity contribution in [2.24, 2.45) is 7.05 Å². The fourth-order valence-corrected chi connectivity index (χ4v) is 5.24. The summed E-state index contributed by atoms with van der Waals surface area (Å²) in [7, 11) is 1.85. The molecule has 5 aromatic rings. The molecule has 1 aliphatic heterocycles. The number of rotatable bonds is 3. The molecule has 1 saturated heterocycles. The molecule has 0 unspecified atom stereocenters. The van der Waals surface area contributed by atoms with Crippen LogP contribution in [0.2, 0.25) is 0 Å². The number of carbonyl (C=O) groups is 2. The number of fused-ring (bicyclic) bond motifs is 2. The van der Waals surface area contributed by atoms with Gasteiger partial charge in [-0.25, -0.2) is 4.98 Å². The predicted octanol–water partition coefficient (Wildman–Crippen LogP) is 4.70. The summed E-state index contributed by atoms with van der Waals surface area (Å²) in [6.45, 7) is 3.82. The van der Waals surface area contributed by atoms with Gasteiger partial charge in [0.25, 0.3) is 11.8 Å². The van der Waals surface area contributed by atoms with Gasteiger partial charge in [0.1, 0.15) is 0 Å². The van der Waals surface area contributed by atoms with E-state index in [-0.39, 0.29) is 11.8 Å². The lowest BCUT2D eigenvalue weighted by Gasteiger charge is -2.35. The van der Waals surface area contributed by atoms with E-state index in [1.807, 2.05) is 103 Å². The number of carbonyl (C=O) groups excluding carboxylic acids is 2. The molecule has 0 aliphatic carbocycles. The number of amides is 2. The summed E-state index contributed by atoms with van der Waals surface area (Å²) in [6, 6.07) is 25.5. The fraction of sp³-hybridized carbons (Fsp3) is 0.200. The summed E-state index contributed by atoms with van der Waals surface area (Å²) in [5, 5.41) is 7.31. The Balaban J connectivity index is 1.27. The maximum absolute atomic E-state index is 13.8. The van der Waals surface area contributed by atoms with E-state index in [1.54, 1.807) is 4.68 Å². The van der Waals surface area contributed by atoms with Gasteiger partial charge in [-0.2, -0.15) is 5.10 Å². The summed E-state index contributed by atoms with van der Waals surface area (Å²) in [5.41, 5.74) is 4.45. The molecular formula is C30H27N5O2. The Morgan fingerprint density at radius 3 is 2.11 bits per heavy atom. The van der Waals surface area contributed by atoms with Crippen molar-refractivity contribution in [3.63, 3.8) is 0 Å². The minimum atomic E-state index is -0.0575. The SMILES string of the molecule is Cc1nn(C)c2nc(-c3ccccc3)cc(C(=O)N3CCN(C(=O)c4cccc5ccccc45)CC3)c12. The van der Waals surface area contributed by atoms with Gasteiger partial charge in [0.05, 0.1) is 22.3 Å². The molecule has 2 aromatic heterocycles. The van der Waals surface area contributed by atoms with Crippen molar-refractivity contribution in [3.05, 3.63) is 95.7 Å². The number of pyridine rings is 1. The van der Waals surface area contributed by atoms with Crippen molar-refractivity contribution >= 4 is 33.6 Å². The first-order chi connectivity index (χ1) is 18.0. The molecule has 6 rings (SSSR count). The van der Waals surface area contributed by atoms with Crippen LogP contribution in [0.5, 0.6) is 0 Å². The molecule has 3 aromatic carbocycles. The monoisotopic (exact) mass is 489 g/mol. The Morgan fingerprint density at radius 2 is 1.38 bits per heavy atom. The molecule has 184 valence electrons. The second kappa shape index (κ2) is 9.17. The highest BCUT2D eigenvalue weighted by molar-refractivity contribution is 6.08. The van der Waals surface area contributed by atoms with Crippen molar-refractivity contribution < 1.29 is 9.59 Å². The molecule has 0 radical (unpaired) electrons. The Kier molecular flexibility index (Phi) is 5.68. The van der Waals surface area contributed by atoms with Crippen molar-refractivity contribution in [1.29, 1.82) is 0 Å². The first kappa shape index (κ1) is 22.9. The number of piperazine rings is 1. The molecule has 3 heterocycles. The summed E-state index contributed by atoms with van der Waals surface area (Å²) < 4.78 is 1.73. The molecule has 7 heteroatoms. The fourth-order valence-electron chi connectivity index (χ4n) is 5.24. The Labute approximate surface area is 214 Å². The van der Waals surface area contributed by atoms with Crippen LogP contribution in [0.3, 0.4) is 0 Å². The minimum Gasteiger partial charge on any atom is -0.335 e. The molecule has 0 spiro atoms. The number of hydrogen-bond acceptors (Lipinski definition) is 4. The van der Waals surface area contributed by atoms with Crippen LogP contribution in [0.15, 0.2) is 78.9 Å². The van der Waals surface area contributed by atoms with E-state index < -0.39 is 0 Å². The van der Waals surface area contributed by atoms with Crippen LogP contribution >= 0.6 is 0 Å². The number of aryl methyl sites for hydroxylation is 2. The molecule has 0 N–H and O–H groups in total. The van der Waals surface area contributed by atoms with Crippen molar-refractivity contribution in [2.45, 2.75) is 6.92 Å². The first-order valence-electron chi connectivity index (χ1n) is 12.5. The number of nitrogens with zero attached hydrogens (tertiary/aromatic N) is 5. The van der Waals surface area contributed by atoms with Crippen LogP contribution in [0.1, 0.15) is 26.4 Å². The summed E-state index contributed by atoms with van der Waals surface area (Å²) in [6.07, 6.45) is 0. The standard InChI is InChI=1S/C30H27N5O2/c1-20-27-25(19-26(22-10-4-3-5-11-22)31-28(27)33(2)32-20)30(37)35-17-15-34(16-18-35)29(36)24-14-8-12-21-9-6-7-13-23(21)24/h3-14,19H,15-18H2,1-2H3. The van der Waals surface area contributed by atoms with E-state index in [2.05, 4.69) is 5.10 Å². The molecule has 0 bridgehead atoms. The third-order valence-electron chi connectivity index (χ3n) is 7.14. The van der Waals surface area contributed by atoms with Crippen LogP contribution in [0.4, 0.5) is 0 Å². The van der Waals surface area contributed by atoms with Gasteiger partial charge in [0, 0.05) is 44.4 Å². The van der Waals surface area contributed by atoms with E-state index in [0.717, 1.165) is 33.1 Å². The van der Waals surface area contributed by atoms with Gasteiger partial charge < -0.3 is 9.80 Å². The molecule has 2 amide bonds. The van der Waals surface area contributed by atoms with Crippen molar-refractivity contribution in [3.8, 4) is 11.3 Å². The van der Waals surface area contributed by atoms with Gasteiger partial charge in [0.2, 0.25) is 0 Å². The van der Waals surface area contributed by atoms with E-state index in [1.165, 1.54) is 0 Å². The third-order valence-corrected chi connectivity index (χ3v) is 7.14. The normalized spacial score (nSPS) is 13.9. The maximum Gasteiger partial charge on any atom is 0.254 e. The largest absolute Gasteiger partial charge is 0.335 e. The minimum absolute atomic E-state index is 0.00432. The summed E-state index contributed by atoms with van der Waals surface area (Å²) in [5.74, 6) is -0.0531. The van der Waals surface area contributed by atoms with E-state index in [9.17, 15) is 9.59 Å². The Morgan fingerprint density at radius 1 is 0.757 bits per heavy atom. The highest BCUT2D eigenvalue weighted by atomic mass is 16.2. The first-order valence-corrected chi connectivity index (χ1v) is 12.5. The smallest absolute Gasteiger partial charge is 0.254 e. The topological polar surface area (TPSA) is 71.3 Å². The average Bonchev–Trinajstić information content (AvgIpc) is 3.25. The van der Waals surface area contributed by atoms with Gasteiger partial charge in [-0.05, 0) is 29.8 Å². The quantitative estimate of drug-likeness (QED) is 0.369. The van der Waals surface area contributed by atoms with Gasteiger partial charge in [0.15, 0.2) is 5.65 Å². The second-order valence-corrected chi connectivity index (χ2v) is 9.44. The molecule has 1 fully saturated rings.